The Balaban J connectivity index is 1.80. The van der Waals surface area contributed by atoms with E-state index in [1.807, 2.05) is 16.8 Å². The monoisotopic (exact) mass is 293 g/mol. The fourth-order valence-corrected chi connectivity index (χ4v) is 3.30. The van der Waals surface area contributed by atoms with Crippen LogP contribution in [0.3, 0.4) is 0 Å². The van der Waals surface area contributed by atoms with Crippen LogP contribution in [0.2, 0.25) is 0 Å². The maximum Gasteiger partial charge on any atom is 0.240 e. The van der Waals surface area contributed by atoms with Gasteiger partial charge in [0, 0.05) is 25.5 Å². The maximum atomic E-state index is 12.1. The van der Waals surface area contributed by atoms with E-state index in [1.165, 1.54) is 0 Å². The second-order valence-electron chi connectivity index (χ2n) is 4.67. The first-order chi connectivity index (χ1) is 9.59. The Kier molecular flexibility index (Phi) is 4.92. The molecule has 0 fully saturated rings. The lowest BCUT2D eigenvalue weighted by Gasteiger charge is -2.09. The van der Waals surface area contributed by atoms with E-state index in [1.54, 1.807) is 37.6 Å². The molecule has 0 saturated carbocycles. The van der Waals surface area contributed by atoms with Crippen LogP contribution in [0.15, 0.2) is 47.9 Å². The predicted octanol–water partition coefficient (Wildman–Crippen LogP) is 1.95. The van der Waals surface area contributed by atoms with Gasteiger partial charge in [0.1, 0.15) is 0 Å². The molecule has 0 bridgehead atoms. The number of unbranched alkanes of at least 4 members (excludes halogenated alkanes) is 1. The summed E-state index contributed by atoms with van der Waals surface area (Å²) in [6, 6.07) is 7.00. The summed E-state index contributed by atoms with van der Waals surface area (Å²) in [4.78, 5) is 4.32. The zero-order valence-corrected chi connectivity index (χ0v) is 12.3. The third-order valence-corrected chi connectivity index (χ3v) is 4.70. The minimum Gasteiger partial charge on any atom is -0.337 e. The van der Waals surface area contributed by atoms with Crippen LogP contribution in [0.25, 0.3) is 0 Å². The van der Waals surface area contributed by atoms with Gasteiger partial charge in [0.25, 0.3) is 0 Å². The molecule has 20 heavy (non-hydrogen) atoms. The van der Waals surface area contributed by atoms with Crippen molar-refractivity contribution in [3.8, 4) is 0 Å². The quantitative estimate of drug-likeness (QED) is 0.794. The van der Waals surface area contributed by atoms with Crippen molar-refractivity contribution >= 4 is 10.0 Å². The number of nitrogens with zero attached hydrogens (tertiary/aromatic N) is 2. The minimum absolute atomic E-state index is 0.356. The highest BCUT2D eigenvalue weighted by molar-refractivity contribution is 7.89. The van der Waals surface area contributed by atoms with Gasteiger partial charge in [-0.15, -0.1) is 0 Å². The smallest absolute Gasteiger partial charge is 0.240 e. The summed E-state index contributed by atoms with van der Waals surface area (Å²) in [5, 5.41) is 0. The molecule has 0 unspecified atom stereocenters. The Morgan fingerprint density at radius 3 is 2.75 bits per heavy atom. The third-order valence-electron chi connectivity index (χ3n) is 3.08. The summed E-state index contributed by atoms with van der Waals surface area (Å²) in [6.07, 6.45) is 7.10. The summed E-state index contributed by atoms with van der Waals surface area (Å²) in [5.41, 5.74) is 0.762. The van der Waals surface area contributed by atoms with Crippen molar-refractivity contribution in [3.63, 3.8) is 0 Å². The highest BCUT2D eigenvalue weighted by Gasteiger charge is 2.14. The van der Waals surface area contributed by atoms with Gasteiger partial charge in [-0.2, -0.15) is 0 Å². The van der Waals surface area contributed by atoms with Gasteiger partial charge in [0.2, 0.25) is 10.0 Å². The Labute approximate surface area is 119 Å². The van der Waals surface area contributed by atoms with Gasteiger partial charge >= 0.3 is 0 Å². The lowest BCUT2D eigenvalue weighted by atomic mass is 10.2. The van der Waals surface area contributed by atoms with Crippen LogP contribution >= 0.6 is 0 Å². The van der Waals surface area contributed by atoms with Crippen molar-refractivity contribution in [2.75, 3.05) is 6.54 Å². The van der Waals surface area contributed by atoms with Crippen LogP contribution in [-0.4, -0.2) is 24.5 Å². The highest BCUT2D eigenvalue weighted by atomic mass is 32.2. The van der Waals surface area contributed by atoms with Crippen molar-refractivity contribution in [1.82, 2.24) is 14.3 Å². The predicted molar refractivity (Wildman–Crippen MR) is 77.8 cm³/mol. The topological polar surface area (TPSA) is 64.0 Å². The molecule has 6 heteroatoms. The van der Waals surface area contributed by atoms with Crippen LogP contribution in [0, 0.1) is 6.92 Å². The van der Waals surface area contributed by atoms with Crippen LogP contribution in [0.5, 0.6) is 0 Å². The molecule has 108 valence electrons. The Morgan fingerprint density at radius 2 is 2.05 bits per heavy atom. The van der Waals surface area contributed by atoms with Gasteiger partial charge in [0.15, 0.2) is 0 Å². The zero-order chi connectivity index (χ0) is 14.4. The number of rotatable bonds is 7. The van der Waals surface area contributed by atoms with E-state index in [9.17, 15) is 8.42 Å². The number of nitrogens with one attached hydrogen (secondary N) is 1. The van der Waals surface area contributed by atoms with Crippen LogP contribution in [-0.2, 0) is 16.6 Å². The lowest BCUT2D eigenvalue weighted by Crippen LogP contribution is -2.25. The lowest BCUT2D eigenvalue weighted by molar-refractivity contribution is 0.565. The second-order valence-corrected chi connectivity index (χ2v) is 6.41. The molecule has 2 rings (SSSR count). The zero-order valence-electron chi connectivity index (χ0n) is 11.5. The van der Waals surface area contributed by atoms with Crippen LogP contribution in [0.1, 0.15) is 18.4 Å². The van der Waals surface area contributed by atoms with E-state index >= 15 is 0 Å². The Morgan fingerprint density at radius 1 is 1.25 bits per heavy atom. The number of benzene rings is 1. The Bertz CT molecular complexity index is 636. The molecule has 5 nitrogen and oxygen atoms in total. The van der Waals surface area contributed by atoms with E-state index in [4.69, 9.17) is 0 Å². The second kappa shape index (κ2) is 6.67. The first-order valence-electron chi connectivity index (χ1n) is 6.60. The van der Waals surface area contributed by atoms with Gasteiger partial charge in [-0.1, -0.05) is 18.2 Å². The van der Waals surface area contributed by atoms with Gasteiger partial charge < -0.3 is 4.57 Å². The van der Waals surface area contributed by atoms with Crippen molar-refractivity contribution in [1.29, 1.82) is 0 Å². The normalized spacial score (nSPS) is 11.7. The van der Waals surface area contributed by atoms with Crippen LogP contribution in [0.4, 0.5) is 0 Å². The fourth-order valence-electron chi connectivity index (χ4n) is 1.98. The molecule has 0 radical (unpaired) electrons. The molecule has 1 aromatic heterocycles. The molecule has 0 amide bonds. The first-order valence-corrected chi connectivity index (χ1v) is 8.09. The molecular formula is C14H19N3O2S. The van der Waals surface area contributed by atoms with Gasteiger partial charge in [-0.05, 0) is 31.4 Å². The largest absolute Gasteiger partial charge is 0.337 e. The number of aromatic nitrogens is 2. The van der Waals surface area contributed by atoms with Crippen LogP contribution < -0.4 is 4.72 Å². The number of hydrogen-bond acceptors (Lipinski definition) is 3. The molecular weight excluding hydrogens is 274 g/mol. The minimum atomic E-state index is -3.39. The van der Waals surface area contributed by atoms with Crippen molar-refractivity contribution < 1.29 is 8.42 Å². The molecule has 2 aromatic rings. The molecule has 0 saturated heterocycles. The average molecular weight is 293 g/mol. The van der Waals surface area contributed by atoms with E-state index in [0.29, 0.717) is 11.4 Å². The van der Waals surface area contributed by atoms with Crippen molar-refractivity contribution in [2.45, 2.75) is 31.2 Å². The molecule has 0 aliphatic heterocycles. The van der Waals surface area contributed by atoms with E-state index in [-0.39, 0.29) is 0 Å². The van der Waals surface area contributed by atoms with Crippen molar-refractivity contribution in [2.24, 2.45) is 0 Å². The van der Waals surface area contributed by atoms with Gasteiger partial charge in [0.05, 0.1) is 11.2 Å². The summed E-state index contributed by atoms with van der Waals surface area (Å²) >= 11 is 0. The van der Waals surface area contributed by atoms with E-state index in [2.05, 4.69) is 9.71 Å². The molecule has 0 aliphatic rings. The molecule has 1 N–H and O–H groups in total. The SMILES string of the molecule is Cc1ccccc1S(=O)(=O)NCCCCn1ccnc1. The molecule has 1 aromatic carbocycles. The number of aryl methyl sites for hydroxylation is 2. The fraction of sp³-hybridized carbons (Fsp3) is 0.357. The summed E-state index contributed by atoms with van der Waals surface area (Å²) in [5.74, 6) is 0. The molecule has 0 aliphatic carbocycles. The third kappa shape index (κ3) is 3.91. The highest BCUT2D eigenvalue weighted by Crippen LogP contribution is 2.13. The summed E-state index contributed by atoms with van der Waals surface area (Å²) < 4.78 is 28.9. The Hall–Kier alpha value is -1.66. The molecule has 0 spiro atoms. The van der Waals surface area contributed by atoms with Crippen molar-refractivity contribution in [3.05, 3.63) is 48.5 Å². The maximum absolute atomic E-state index is 12.1. The standard InChI is InChI=1S/C14H19N3O2S/c1-13-6-2-3-7-14(13)20(18,19)16-8-4-5-10-17-11-9-15-12-17/h2-3,6-7,9,11-12,16H,4-5,8,10H2,1H3. The number of hydrogen-bond donors (Lipinski definition) is 1. The molecule has 0 atom stereocenters. The van der Waals surface area contributed by atoms with Gasteiger partial charge in [-0.3, -0.25) is 0 Å². The van der Waals surface area contributed by atoms with E-state index < -0.39 is 10.0 Å². The first kappa shape index (κ1) is 14.7. The molecule has 1 heterocycles. The number of sulfonamides is 1. The average Bonchev–Trinajstić information content (AvgIpc) is 2.91. The van der Waals surface area contributed by atoms with Gasteiger partial charge in [-0.25, -0.2) is 18.1 Å². The summed E-state index contributed by atoms with van der Waals surface area (Å²) in [6.45, 7) is 3.10. The van der Waals surface area contributed by atoms with E-state index in [0.717, 1.165) is 24.9 Å². The summed E-state index contributed by atoms with van der Waals surface area (Å²) in [7, 11) is -3.39. The number of imidazole rings is 1.